The zero-order valence-corrected chi connectivity index (χ0v) is 22.3. The summed E-state index contributed by atoms with van der Waals surface area (Å²) in [5, 5.41) is 23.2. The molecule has 0 N–H and O–H groups in total. The average Bonchev–Trinajstić information content (AvgIpc) is 3.62. The molecule has 0 radical (unpaired) electrons. The molecule has 0 saturated carbocycles. The summed E-state index contributed by atoms with van der Waals surface area (Å²) in [4.78, 5) is 0. The molecule has 4 heteroatoms. The number of rotatable bonds is 3. The van der Waals surface area contributed by atoms with E-state index in [-0.39, 0.29) is 0 Å². The van der Waals surface area contributed by atoms with Crippen LogP contribution in [0.2, 0.25) is 0 Å². The van der Waals surface area contributed by atoms with Gasteiger partial charge in [-0.1, -0.05) is 78.9 Å². The Kier molecular flexibility index (Phi) is 5.22. The summed E-state index contributed by atoms with van der Waals surface area (Å²) in [6, 6.07) is 44.5. The molecule has 0 aliphatic rings. The molecule has 2 aromatic heterocycles. The summed E-state index contributed by atoms with van der Waals surface area (Å²) in [5.41, 5.74) is 10.3. The Labute approximate surface area is 240 Å². The third-order valence-electron chi connectivity index (χ3n) is 7.95. The van der Waals surface area contributed by atoms with Crippen LogP contribution in [0.4, 0.5) is 0 Å². The van der Waals surface area contributed by atoms with Crippen molar-refractivity contribution in [2.45, 2.75) is 0 Å². The molecule has 0 fully saturated rings. The molecule has 0 saturated heterocycles. The lowest BCUT2D eigenvalue weighted by molar-refractivity contribution is 0.669. The minimum absolute atomic E-state index is 0.589. The lowest BCUT2D eigenvalue weighted by Crippen LogP contribution is -1.92. The van der Waals surface area contributed by atoms with E-state index in [2.05, 4.69) is 54.6 Å². The smallest absolute Gasteiger partial charge is 0.143 e. The first-order valence-corrected chi connectivity index (χ1v) is 13.6. The van der Waals surface area contributed by atoms with Gasteiger partial charge in [-0.3, -0.25) is 0 Å². The normalized spacial score (nSPS) is 11.3. The van der Waals surface area contributed by atoms with Gasteiger partial charge in [-0.2, -0.15) is 10.5 Å². The number of fused-ring (bicyclic) bond motifs is 6. The number of para-hydroxylation sites is 2. The minimum Gasteiger partial charge on any atom is -0.456 e. The summed E-state index contributed by atoms with van der Waals surface area (Å²) >= 11 is 0. The first-order valence-electron chi connectivity index (χ1n) is 13.6. The van der Waals surface area contributed by atoms with E-state index in [9.17, 15) is 10.5 Å². The maximum atomic E-state index is 9.78. The Morgan fingerprint density at radius 1 is 0.452 bits per heavy atom. The largest absolute Gasteiger partial charge is 0.456 e. The Morgan fingerprint density at radius 2 is 1.10 bits per heavy atom. The zero-order chi connectivity index (χ0) is 28.2. The third-order valence-corrected chi connectivity index (χ3v) is 7.95. The van der Waals surface area contributed by atoms with Crippen molar-refractivity contribution < 1.29 is 8.83 Å². The van der Waals surface area contributed by atoms with Crippen molar-refractivity contribution in [2.24, 2.45) is 0 Å². The fraction of sp³-hybridized carbons (Fsp3) is 0. The summed E-state index contributed by atoms with van der Waals surface area (Å²) in [5.74, 6) is 0. The molecule has 0 aliphatic heterocycles. The van der Waals surface area contributed by atoms with Crippen molar-refractivity contribution in [3.8, 4) is 45.5 Å². The highest BCUT2D eigenvalue weighted by Crippen LogP contribution is 2.46. The molecule has 42 heavy (non-hydrogen) atoms. The Morgan fingerprint density at radius 3 is 1.98 bits per heavy atom. The minimum atomic E-state index is 0.589. The van der Waals surface area contributed by atoms with Crippen LogP contribution in [-0.2, 0) is 0 Å². The maximum Gasteiger partial charge on any atom is 0.143 e. The molecular formula is C38H20N2O2. The van der Waals surface area contributed by atoms with Crippen LogP contribution in [0.15, 0.2) is 130 Å². The lowest BCUT2D eigenvalue weighted by Gasteiger charge is -2.17. The Hall–Kier alpha value is -6.10. The molecular weight excluding hydrogens is 516 g/mol. The molecule has 0 bridgehead atoms. The van der Waals surface area contributed by atoms with Crippen molar-refractivity contribution in [3.63, 3.8) is 0 Å². The van der Waals surface area contributed by atoms with E-state index < -0.39 is 0 Å². The van der Waals surface area contributed by atoms with Crippen LogP contribution in [0.3, 0.4) is 0 Å². The summed E-state index contributed by atoms with van der Waals surface area (Å²) < 4.78 is 12.7. The predicted molar refractivity (Wildman–Crippen MR) is 167 cm³/mol. The van der Waals surface area contributed by atoms with Gasteiger partial charge in [-0.05, 0) is 70.3 Å². The molecule has 0 amide bonds. The van der Waals surface area contributed by atoms with Crippen LogP contribution >= 0.6 is 0 Å². The third kappa shape index (κ3) is 3.53. The van der Waals surface area contributed by atoms with Gasteiger partial charge in [0.05, 0.1) is 23.3 Å². The molecule has 4 nitrogen and oxygen atoms in total. The highest BCUT2D eigenvalue weighted by molar-refractivity contribution is 6.16. The molecule has 0 atom stereocenters. The molecule has 0 aliphatic carbocycles. The van der Waals surface area contributed by atoms with E-state index >= 15 is 0 Å². The fourth-order valence-electron chi connectivity index (χ4n) is 6.14. The quantitative estimate of drug-likeness (QED) is 0.225. The van der Waals surface area contributed by atoms with Gasteiger partial charge in [0.2, 0.25) is 0 Å². The van der Waals surface area contributed by atoms with E-state index in [1.807, 2.05) is 72.8 Å². The van der Waals surface area contributed by atoms with Crippen LogP contribution in [0, 0.1) is 22.7 Å². The van der Waals surface area contributed by atoms with Gasteiger partial charge in [0.25, 0.3) is 0 Å². The topological polar surface area (TPSA) is 73.9 Å². The number of nitriles is 2. The molecule has 0 spiro atoms. The number of furan rings is 2. The van der Waals surface area contributed by atoms with Crippen molar-refractivity contribution in [2.75, 3.05) is 0 Å². The Balaban J connectivity index is 1.49. The van der Waals surface area contributed by atoms with Gasteiger partial charge in [0.15, 0.2) is 0 Å². The number of benzene rings is 6. The van der Waals surface area contributed by atoms with Crippen LogP contribution in [-0.4, -0.2) is 0 Å². The van der Waals surface area contributed by atoms with Gasteiger partial charge in [0.1, 0.15) is 22.3 Å². The Bertz CT molecular complexity index is 2450. The summed E-state index contributed by atoms with van der Waals surface area (Å²) in [6.07, 6.45) is 0. The molecule has 2 heterocycles. The van der Waals surface area contributed by atoms with Crippen LogP contribution in [0.1, 0.15) is 11.1 Å². The zero-order valence-electron chi connectivity index (χ0n) is 22.3. The molecule has 8 aromatic rings. The van der Waals surface area contributed by atoms with Crippen molar-refractivity contribution >= 4 is 43.9 Å². The van der Waals surface area contributed by atoms with Crippen molar-refractivity contribution in [1.82, 2.24) is 0 Å². The van der Waals surface area contributed by atoms with Gasteiger partial charge < -0.3 is 8.83 Å². The van der Waals surface area contributed by atoms with Crippen LogP contribution in [0.5, 0.6) is 0 Å². The van der Waals surface area contributed by atoms with Gasteiger partial charge in [0, 0.05) is 27.1 Å². The first kappa shape index (κ1) is 23.8. The molecule has 6 aromatic carbocycles. The molecule has 8 rings (SSSR count). The SMILES string of the molecule is N#Cc1cccc(-c2c(-c3cccc4c3oc3ccc(C#N)cc34)cccc2-c2cccc3oc4ccccc4c23)c1. The second kappa shape index (κ2) is 9.24. The van der Waals surface area contributed by atoms with E-state index in [4.69, 9.17) is 8.83 Å². The lowest BCUT2D eigenvalue weighted by atomic mass is 9.85. The molecule has 194 valence electrons. The number of nitrogens with zero attached hydrogens (tertiary/aromatic N) is 2. The van der Waals surface area contributed by atoms with E-state index in [0.29, 0.717) is 11.1 Å². The van der Waals surface area contributed by atoms with E-state index in [1.54, 1.807) is 6.07 Å². The van der Waals surface area contributed by atoms with Gasteiger partial charge in [-0.15, -0.1) is 0 Å². The summed E-state index contributed by atoms with van der Waals surface area (Å²) in [7, 11) is 0. The van der Waals surface area contributed by atoms with Gasteiger partial charge in [-0.25, -0.2) is 0 Å². The standard InChI is InChI=1S/C38H20N2O2/c39-21-23-7-3-8-25(19-23)36-26(27-12-6-16-35-37(27)31-9-1-2-15-33(31)41-35)10-4-11-28(36)29-13-5-14-30-32-20-24(22-40)17-18-34(32)42-38(29)30/h1-20H. The second-order valence-corrected chi connectivity index (χ2v) is 10.3. The second-order valence-electron chi connectivity index (χ2n) is 10.3. The molecule has 0 unspecified atom stereocenters. The number of hydrogen-bond acceptors (Lipinski definition) is 4. The van der Waals surface area contributed by atoms with Crippen molar-refractivity contribution in [1.29, 1.82) is 10.5 Å². The maximum absolute atomic E-state index is 9.78. The summed E-state index contributed by atoms with van der Waals surface area (Å²) in [6.45, 7) is 0. The monoisotopic (exact) mass is 536 g/mol. The van der Waals surface area contributed by atoms with Crippen LogP contribution < -0.4 is 0 Å². The van der Waals surface area contributed by atoms with Crippen molar-refractivity contribution in [3.05, 3.63) is 132 Å². The van der Waals surface area contributed by atoms with Crippen LogP contribution in [0.25, 0.3) is 77.3 Å². The predicted octanol–water partition coefficient (Wildman–Crippen LogP) is 10.2. The average molecular weight is 537 g/mol. The fourth-order valence-corrected chi connectivity index (χ4v) is 6.14. The van der Waals surface area contributed by atoms with E-state index in [0.717, 1.165) is 77.3 Å². The highest BCUT2D eigenvalue weighted by atomic mass is 16.3. The van der Waals surface area contributed by atoms with Gasteiger partial charge >= 0.3 is 0 Å². The van der Waals surface area contributed by atoms with E-state index in [1.165, 1.54) is 0 Å². The number of hydrogen-bond donors (Lipinski definition) is 0. The highest BCUT2D eigenvalue weighted by Gasteiger charge is 2.21. The first-order chi connectivity index (χ1) is 20.7.